The SMILES string of the molecule is COc1ccc(CN2C(=O)C(CC(=O)NCc3ccccc3F)OC(c3cccc(OCCCNC(=O)OC(C)(C)C)c3OC)c3cc(Cl)ccc32)c(OC)c1. The highest BCUT2D eigenvalue weighted by atomic mass is 35.5. The molecule has 298 valence electrons. The lowest BCUT2D eigenvalue weighted by Gasteiger charge is -2.26. The van der Waals surface area contributed by atoms with Crippen LogP contribution in [0.2, 0.25) is 5.02 Å². The van der Waals surface area contributed by atoms with Crippen molar-refractivity contribution < 1.29 is 47.2 Å². The van der Waals surface area contributed by atoms with E-state index in [0.29, 0.717) is 68.9 Å². The minimum Gasteiger partial charge on any atom is -0.497 e. The van der Waals surface area contributed by atoms with Crippen molar-refractivity contribution in [1.29, 1.82) is 0 Å². The molecule has 0 aromatic heterocycles. The van der Waals surface area contributed by atoms with Gasteiger partial charge in [0.15, 0.2) is 11.5 Å². The molecule has 2 atom stereocenters. The molecule has 2 N–H and O–H groups in total. The first-order valence-corrected chi connectivity index (χ1v) is 18.4. The molecule has 4 aromatic rings. The Labute approximate surface area is 331 Å². The maximum absolute atomic E-state index is 14.7. The molecular formula is C42H47ClFN3O9. The number of nitrogens with zero attached hydrogens (tertiary/aromatic N) is 1. The molecule has 0 fully saturated rings. The van der Waals surface area contributed by atoms with Crippen molar-refractivity contribution in [2.24, 2.45) is 0 Å². The van der Waals surface area contributed by atoms with Gasteiger partial charge in [0.05, 0.1) is 46.6 Å². The minimum absolute atomic E-state index is 0.0433. The van der Waals surface area contributed by atoms with E-state index in [1.807, 2.05) is 0 Å². The lowest BCUT2D eigenvalue weighted by atomic mass is 9.97. The van der Waals surface area contributed by atoms with E-state index < -0.39 is 41.5 Å². The van der Waals surface area contributed by atoms with Crippen molar-refractivity contribution in [2.75, 3.05) is 39.4 Å². The van der Waals surface area contributed by atoms with E-state index in [4.69, 9.17) is 40.0 Å². The summed E-state index contributed by atoms with van der Waals surface area (Å²) in [7, 11) is 4.56. The Bertz CT molecular complexity index is 2020. The number of carbonyl (C=O) groups is 3. The smallest absolute Gasteiger partial charge is 0.407 e. The van der Waals surface area contributed by atoms with E-state index in [0.717, 1.165) is 0 Å². The molecule has 14 heteroatoms. The van der Waals surface area contributed by atoms with Gasteiger partial charge in [0.1, 0.15) is 35.1 Å². The molecule has 1 heterocycles. The molecule has 0 aliphatic carbocycles. The second-order valence-corrected chi connectivity index (χ2v) is 14.3. The van der Waals surface area contributed by atoms with Gasteiger partial charge in [-0.25, -0.2) is 9.18 Å². The second-order valence-electron chi connectivity index (χ2n) is 13.9. The van der Waals surface area contributed by atoms with Crippen molar-refractivity contribution >= 4 is 35.2 Å². The average molecular weight is 792 g/mol. The number of benzene rings is 4. The number of rotatable bonds is 15. The Balaban J connectivity index is 1.49. The average Bonchev–Trinajstić information content (AvgIpc) is 3.27. The van der Waals surface area contributed by atoms with Crippen LogP contribution in [0.4, 0.5) is 14.9 Å². The summed E-state index contributed by atoms with van der Waals surface area (Å²) in [6.07, 6.45) is -2.74. The van der Waals surface area contributed by atoms with Crippen LogP contribution in [0.15, 0.2) is 78.9 Å². The first-order chi connectivity index (χ1) is 26.8. The molecule has 0 spiro atoms. The molecule has 5 rings (SSSR count). The highest BCUT2D eigenvalue weighted by molar-refractivity contribution is 6.30. The summed E-state index contributed by atoms with van der Waals surface area (Å²) in [5, 5.41) is 5.83. The Morgan fingerprint density at radius 2 is 1.66 bits per heavy atom. The molecule has 56 heavy (non-hydrogen) atoms. The van der Waals surface area contributed by atoms with E-state index in [2.05, 4.69) is 10.6 Å². The molecular weight excluding hydrogens is 745 g/mol. The number of carbonyl (C=O) groups excluding carboxylic acids is 3. The molecule has 1 aliphatic rings. The summed E-state index contributed by atoms with van der Waals surface area (Å²) in [5.41, 5.74) is 1.87. The van der Waals surface area contributed by atoms with Gasteiger partial charge in [-0.1, -0.05) is 41.9 Å². The Hall–Kier alpha value is -5.53. The summed E-state index contributed by atoms with van der Waals surface area (Å²) in [6, 6.07) is 21.8. The molecule has 12 nitrogen and oxygen atoms in total. The van der Waals surface area contributed by atoms with Crippen LogP contribution in [0.3, 0.4) is 0 Å². The van der Waals surface area contributed by atoms with Gasteiger partial charge >= 0.3 is 6.09 Å². The number of hydrogen-bond donors (Lipinski definition) is 2. The summed E-state index contributed by atoms with van der Waals surface area (Å²) in [6.45, 7) is 5.86. The quantitative estimate of drug-likeness (QED) is 0.117. The maximum Gasteiger partial charge on any atom is 0.407 e. The van der Waals surface area contributed by atoms with Gasteiger partial charge < -0.3 is 44.0 Å². The van der Waals surface area contributed by atoms with Gasteiger partial charge in [-0.15, -0.1) is 0 Å². The third-order valence-corrected chi connectivity index (χ3v) is 9.01. The fourth-order valence-electron chi connectivity index (χ4n) is 6.17. The highest BCUT2D eigenvalue weighted by Crippen LogP contribution is 2.46. The molecule has 4 aromatic carbocycles. The molecule has 0 bridgehead atoms. The van der Waals surface area contributed by atoms with E-state index in [-0.39, 0.29) is 26.1 Å². The Morgan fingerprint density at radius 3 is 2.38 bits per heavy atom. The van der Waals surface area contributed by atoms with Crippen LogP contribution in [-0.4, -0.2) is 64.1 Å². The third-order valence-electron chi connectivity index (χ3n) is 8.77. The van der Waals surface area contributed by atoms with E-state index in [9.17, 15) is 18.8 Å². The molecule has 1 aliphatic heterocycles. The lowest BCUT2D eigenvalue weighted by molar-refractivity contribution is -0.138. The van der Waals surface area contributed by atoms with Gasteiger partial charge in [0.2, 0.25) is 5.91 Å². The highest BCUT2D eigenvalue weighted by Gasteiger charge is 2.39. The Morgan fingerprint density at radius 1 is 0.875 bits per heavy atom. The second kappa shape index (κ2) is 18.9. The van der Waals surface area contributed by atoms with Crippen molar-refractivity contribution in [3.63, 3.8) is 0 Å². The molecule has 0 saturated carbocycles. The zero-order valence-electron chi connectivity index (χ0n) is 32.3. The largest absolute Gasteiger partial charge is 0.497 e. The van der Waals surface area contributed by atoms with Crippen LogP contribution in [0.25, 0.3) is 0 Å². The normalized spacial score (nSPS) is 15.3. The summed E-state index contributed by atoms with van der Waals surface area (Å²) < 4.78 is 49.5. The Kier molecular flexibility index (Phi) is 14.0. The van der Waals surface area contributed by atoms with Gasteiger partial charge in [-0.05, 0) is 69.7 Å². The standard InChI is InChI=1S/C42H47ClFN3O9/c1-42(2,3)56-41(50)45-19-10-20-54-34-14-9-12-30(39(34)53-6)38-31-21-28(43)16-18-33(31)47(25-27-15-17-29(51-4)22-35(27)52-5)40(49)36(55-38)23-37(48)46-24-26-11-7-8-13-32(26)44/h7-9,11-18,21-22,36,38H,10,19-20,23-25H2,1-6H3,(H,45,50)(H,46,48). The number of methoxy groups -OCH3 is 3. The fraction of sp³-hybridized carbons (Fsp3) is 0.357. The number of anilines is 1. The van der Waals surface area contributed by atoms with E-state index in [1.165, 1.54) is 25.2 Å². The number of para-hydroxylation sites is 1. The monoisotopic (exact) mass is 791 g/mol. The van der Waals surface area contributed by atoms with Crippen LogP contribution in [0.5, 0.6) is 23.0 Å². The summed E-state index contributed by atoms with van der Waals surface area (Å²) >= 11 is 6.62. The molecule has 0 radical (unpaired) electrons. The predicted molar refractivity (Wildman–Crippen MR) is 209 cm³/mol. The predicted octanol–water partition coefficient (Wildman–Crippen LogP) is 7.53. The third kappa shape index (κ3) is 10.6. The van der Waals surface area contributed by atoms with Crippen LogP contribution >= 0.6 is 11.6 Å². The molecule has 3 amide bonds. The first-order valence-electron chi connectivity index (χ1n) is 18.1. The summed E-state index contributed by atoms with van der Waals surface area (Å²) in [4.78, 5) is 41.8. The number of halogens is 2. The van der Waals surface area contributed by atoms with E-state index in [1.54, 1.807) is 101 Å². The number of fused-ring (bicyclic) bond motifs is 1. The number of hydrogen-bond acceptors (Lipinski definition) is 9. The fourth-order valence-corrected chi connectivity index (χ4v) is 6.35. The van der Waals surface area contributed by atoms with Crippen molar-refractivity contribution in [3.8, 4) is 23.0 Å². The van der Waals surface area contributed by atoms with Gasteiger partial charge in [0, 0.05) is 46.4 Å². The van der Waals surface area contributed by atoms with Crippen LogP contribution in [0.1, 0.15) is 62.0 Å². The van der Waals surface area contributed by atoms with Crippen LogP contribution in [-0.2, 0) is 32.2 Å². The lowest BCUT2D eigenvalue weighted by Crippen LogP contribution is -2.41. The van der Waals surface area contributed by atoms with Gasteiger partial charge in [0.25, 0.3) is 5.91 Å². The number of ether oxygens (including phenoxy) is 6. The zero-order chi connectivity index (χ0) is 40.4. The van der Waals surface area contributed by atoms with Crippen molar-refractivity contribution in [1.82, 2.24) is 10.6 Å². The topological polar surface area (TPSA) is 134 Å². The molecule has 2 unspecified atom stereocenters. The van der Waals surface area contributed by atoms with Crippen LogP contribution in [0, 0.1) is 5.82 Å². The number of alkyl carbamates (subject to hydrolysis) is 1. The maximum atomic E-state index is 14.7. The number of amides is 3. The number of nitrogens with one attached hydrogen (secondary N) is 2. The van der Waals surface area contributed by atoms with Gasteiger partial charge in [-0.2, -0.15) is 0 Å². The van der Waals surface area contributed by atoms with Gasteiger partial charge in [-0.3, -0.25) is 9.59 Å². The zero-order valence-corrected chi connectivity index (χ0v) is 33.0. The van der Waals surface area contributed by atoms with E-state index >= 15 is 0 Å². The first kappa shape index (κ1) is 41.6. The molecule has 0 saturated heterocycles. The minimum atomic E-state index is -1.32. The van der Waals surface area contributed by atoms with Crippen molar-refractivity contribution in [3.05, 3.63) is 112 Å². The van der Waals surface area contributed by atoms with Crippen molar-refractivity contribution in [2.45, 2.75) is 64.5 Å². The summed E-state index contributed by atoms with van der Waals surface area (Å²) in [5.74, 6) is 0.296. The van der Waals surface area contributed by atoms with Crippen LogP contribution < -0.4 is 34.5 Å².